The van der Waals surface area contributed by atoms with Gasteiger partial charge in [0.05, 0.1) is 17.3 Å². The molecule has 32 heavy (non-hydrogen) atoms. The zero-order chi connectivity index (χ0) is 22.1. The highest BCUT2D eigenvalue weighted by molar-refractivity contribution is 5.99. The van der Waals surface area contributed by atoms with E-state index in [-0.39, 0.29) is 11.4 Å². The van der Waals surface area contributed by atoms with Crippen molar-refractivity contribution < 1.29 is 22.4 Å². The van der Waals surface area contributed by atoms with Crippen LogP contribution in [0.2, 0.25) is 0 Å². The molecule has 7 rings (SSSR count). The third kappa shape index (κ3) is 3.21. The van der Waals surface area contributed by atoms with Crippen LogP contribution in [0.1, 0.15) is 54.6 Å². The number of benzene rings is 1. The summed E-state index contributed by atoms with van der Waals surface area (Å²) in [6.07, 6.45) is 4.51. The summed E-state index contributed by atoms with van der Waals surface area (Å²) < 4.78 is 40.8. The van der Waals surface area contributed by atoms with Gasteiger partial charge in [-0.15, -0.1) is 0 Å². The highest BCUT2D eigenvalue weighted by Gasteiger charge is 2.52. The van der Waals surface area contributed by atoms with E-state index in [9.17, 15) is 18.0 Å². The molecule has 7 heteroatoms. The van der Waals surface area contributed by atoms with Gasteiger partial charge in [0.1, 0.15) is 0 Å². The first kappa shape index (κ1) is 19.8. The van der Waals surface area contributed by atoms with Crippen LogP contribution < -0.4 is 9.72 Å². The molecule has 2 aromatic heterocycles. The van der Waals surface area contributed by atoms with E-state index in [1.165, 1.54) is 31.4 Å². The van der Waals surface area contributed by atoms with Gasteiger partial charge in [-0.3, -0.25) is 4.79 Å². The van der Waals surface area contributed by atoms with Gasteiger partial charge < -0.3 is 5.32 Å². The van der Waals surface area contributed by atoms with Crippen molar-refractivity contribution in [3.05, 3.63) is 59.9 Å². The minimum absolute atomic E-state index is 0.114. The van der Waals surface area contributed by atoms with E-state index in [4.69, 9.17) is 0 Å². The van der Waals surface area contributed by atoms with Gasteiger partial charge in [-0.05, 0) is 92.7 Å². The molecule has 0 saturated heterocycles. The molecule has 0 aliphatic heterocycles. The summed E-state index contributed by atoms with van der Waals surface area (Å²) in [7, 11) is 0. The number of hydrogen-bond donors (Lipinski definition) is 2. The summed E-state index contributed by atoms with van der Waals surface area (Å²) in [5.74, 6) is 2.62. The van der Waals surface area contributed by atoms with Gasteiger partial charge in [0.25, 0.3) is 11.7 Å². The van der Waals surface area contributed by atoms with Gasteiger partial charge in [-0.25, -0.2) is 4.98 Å². The highest BCUT2D eigenvalue weighted by atomic mass is 19.4. The molecule has 166 valence electrons. The van der Waals surface area contributed by atoms with Crippen LogP contribution >= 0.6 is 0 Å². The molecule has 0 atom stereocenters. The average molecular weight is 440 g/mol. The summed E-state index contributed by atoms with van der Waals surface area (Å²) in [6.45, 7) is 0. The van der Waals surface area contributed by atoms with Crippen LogP contribution in [-0.4, -0.2) is 16.4 Å². The number of alkyl halides is 3. The normalized spacial score (nSPS) is 28.9. The number of hydrogen-bond acceptors (Lipinski definition) is 1. The SMILES string of the molecule is O=C(NC12CC3CC(CC(C3)C1)C2)c1[nH]c(-c2ccc(C(F)(F)F)cc2)[n+]2ccccc12. The molecule has 4 nitrogen and oxygen atoms in total. The Morgan fingerprint density at radius 1 is 0.969 bits per heavy atom. The molecule has 4 aliphatic rings. The number of halogens is 3. The van der Waals surface area contributed by atoms with Crippen molar-refractivity contribution in [1.29, 1.82) is 0 Å². The lowest BCUT2D eigenvalue weighted by molar-refractivity contribution is -0.498. The van der Waals surface area contributed by atoms with Crippen molar-refractivity contribution in [1.82, 2.24) is 10.3 Å². The van der Waals surface area contributed by atoms with Crippen molar-refractivity contribution in [2.24, 2.45) is 17.8 Å². The fourth-order valence-electron chi connectivity index (χ4n) is 6.85. The quantitative estimate of drug-likeness (QED) is 0.545. The number of rotatable bonds is 3. The summed E-state index contributed by atoms with van der Waals surface area (Å²) >= 11 is 0. The molecule has 1 aromatic carbocycles. The Balaban J connectivity index is 1.35. The number of H-pyrrole nitrogens is 1. The van der Waals surface area contributed by atoms with E-state index in [0.29, 0.717) is 22.6 Å². The summed E-state index contributed by atoms with van der Waals surface area (Å²) in [5.41, 5.74) is 0.952. The molecule has 3 aromatic rings. The van der Waals surface area contributed by atoms with E-state index < -0.39 is 11.7 Å². The van der Waals surface area contributed by atoms with Crippen LogP contribution in [-0.2, 0) is 6.18 Å². The van der Waals surface area contributed by atoms with Gasteiger partial charge in [-0.2, -0.15) is 17.6 Å². The predicted octanol–water partition coefficient (Wildman–Crippen LogP) is 5.14. The standard InChI is InChI=1S/C25H24F3N3O/c26-25(27,28)19-6-4-18(5-7-19)22-29-21(20-3-1-2-8-31(20)22)23(32)30-24-12-15-9-16(13-24)11-17(10-15)14-24/h1-8,15-17H,9-14H2,(H,30,32)/p+1. The van der Waals surface area contributed by atoms with Gasteiger partial charge >= 0.3 is 6.18 Å². The zero-order valence-electron chi connectivity index (χ0n) is 17.6. The van der Waals surface area contributed by atoms with Crippen molar-refractivity contribution in [2.75, 3.05) is 0 Å². The summed E-state index contributed by atoms with van der Waals surface area (Å²) in [4.78, 5) is 16.7. The lowest BCUT2D eigenvalue weighted by Crippen LogP contribution is -2.59. The van der Waals surface area contributed by atoms with Crippen LogP contribution in [0.3, 0.4) is 0 Å². The molecule has 2 heterocycles. The third-order valence-electron chi connectivity index (χ3n) is 7.73. The lowest BCUT2D eigenvalue weighted by Gasteiger charge is -2.56. The first-order valence-corrected chi connectivity index (χ1v) is 11.3. The van der Waals surface area contributed by atoms with Crippen LogP contribution in [0.5, 0.6) is 0 Å². The topological polar surface area (TPSA) is 49.0 Å². The monoisotopic (exact) mass is 440 g/mol. The maximum absolute atomic E-state index is 13.5. The van der Waals surface area contributed by atoms with E-state index in [1.54, 1.807) is 0 Å². The van der Waals surface area contributed by atoms with Crippen LogP contribution in [0.25, 0.3) is 16.9 Å². The lowest BCUT2D eigenvalue weighted by atomic mass is 9.53. The number of imidazole rings is 1. The van der Waals surface area contributed by atoms with Gasteiger partial charge in [0, 0.05) is 5.54 Å². The Bertz CT molecular complexity index is 1160. The third-order valence-corrected chi connectivity index (χ3v) is 7.73. The highest BCUT2D eigenvalue weighted by Crippen LogP contribution is 2.55. The Morgan fingerprint density at radius 3 is 2.19 bits per heavy atom. The minimum atomic E-state index is -4.38. The molecule has 4 aliphatic carbocycles. The second-order valence-electron chi connectivity index (χ2n) is 10.0. The first-order chi connectivity index (χ1) is 15.3. The van der Waals surface area contributed by atoms with Gasteiger partial charge in [0.15, 0.2) is 5.52 Å². The largest absolute Gasteiger partial charge is 0.416 e. The number of amides is 1. The number of aromatic amines is 1. The minimum Gasteiger partial charge on any atom is -0.343 e. The molecule has 4 saturated carbocycles. The molecular formula is C25H25F3N3O+. The molecule has 2 N–H and O–H groups in total. The Kier molecular flexibility index (Phi) is 4.23. The van der Waals surface area contributed by atoms with E-state index in [0.717, 1.165) is 49.1 Å². The Hall–Kier alpha value is -2.83. The maximum atomic E-state index is 13.5. The Labute approximate surface area is 183 Å². The second-order valence-corrected chi connectivity index (χ2v) is 10.0. The molecule has 1 amide bonds. The van der Waals surface area contributed by atoms with Gasteiger partial charge in [0.2, 0.25) is 5.69 Å². The number of aromatic nitrogens is 2. The average Bonchev–Trinajstić information content (AvgIpc) is 3.12. The molecule has 0 spiro atoms. The number of nitrogens with zero attached hydrogens (tertiary/aromatic N) is 1. The molecule has 4 fully saturated rings. The zero-order valence-corrected chi connectivity index (χ0v) is 17.6. The van der Waals surface area contributed by atoms with E-state index in [1.807, 2.05) is 28.8 Å². The van der Waals surface area contributed by atoms with Crippen LogP contribution in [0.4, 0.5) is 13.2 Å². The number of pyridine rings is 1. The van der Waals surface area contributed by atoms with Crippen molar-refractivity contribution in [2.45, 2.75) is 50.2 Å². The van der Waals surface area contributed by atoms with E-state index in [2.05, 4.69) is 10.3 Å². The predicted molar refractivity (Wildman–Crippen MR) is 113 cm³/mol. The number of nitrogens with one attached hydrogen (secondary N) is 2. The molecular weight excluding hydrogens is 415 g/mol. The molecule has 0 radical (unpaired) electrons. The second kappa shape index (κ2) is 6.83. The Morgan fingerprint density at radius 2 is 1.59 bits per heavy atom. The number of carbonyl (C=O) groups is 1. The molecule has 0 unspecified atom stereocenters. The summed E-state index contributed by atoms with van der Waals surface area (Å²) in [5, 5.41) is 3.39. The van der Waals surface area contributed by atoms with Gasteiger partial charge in [-0.1, -0.05) is 6.07 Å². The maximum Gasteiger partial charge on any atom is 0.416 e. The number of fused-ring (bicyclic) bond motifs is 1. The van der Waals surface area contributed by atoms with Crippen molar-refractivity contribution in [3.8, 4) is 11.4 Å². The fourth-order valence-corrected chi connectivity index (χ4v) is 6.85. The molecule has 4 bridgehead atoms. The fraction of sp³-hybridized carbons (Fsp3) is 0.440. The van der Waals surface area contributed by atoms with Crippen molar-refractivity contribution >= 4 is 11.4 Å². The summed E-state index contributed by atoms with van der Waals surface area (Å²) in [6, 6.07) is 10.6. The smallest absolute Gasteiger partial charge is 0.343 e. The first-order valence-electron chi connectivity index (χ1n) is 11.3. The van der Waals surface area contributed by atoms with Crippen molar-refractivity contribution in [3.63, 3.8) is 0 Å². The van der Waals surface area contributed by atoms with Crippen LogP contribution in [0, 0.1) is 17.8 Å². The van der Waals surface area contributed by atoms with E-state index >= 15 is 0 Å². The van der Waals surface area contributed by atoms with Crippen LogP contribution in [0.15, 0.2) is 48.7 Å². The number of carbonyl (C=O) groups excluding carboxylic acids is 1.